The monoisotopic (exact) mass is 218 g/mol. The summed E-state index contributed by atoms with van der Waals surface area (Å²) >= 11 is 0. The molecule has 88 valence electrons. The summed E-state index contributed by atoms with van der Waals surface area (Å²) < 4.78 is 9.49. The summed E-state index contributed by atoms with van der Waals surface area (Å²) in [6.45, 7) is 6.71. The number of aliphatic hydroxyl groups is 1. The largest absolute Gasteiger partial charge is 0.463 e. The summed E-state index contributed by atoms with van der Waals surface area (Å²) in [7, 11) is 0. The molecule has 0 saturated carbocycles. The molecule has 0 aromatic carbocycles. The lowest BCUT2D eigenvalue weighted by molar-refractivity contribution is -0.164. The fraction of sp³-hybridized carbons (Fsp3) is 0.800. The first-order valence-corrected chi connectivity index (χ1v) is 4.91. The predicted octanol–water partition coefficient (Wildman–Crippen LogP) is 0.641. The van der Waals surface area contributed by atoms with Crippen LogP contribution in [0.2, 0.25) is 0 Å². The zero-order valence-electron chi connectivity index (χ0n) is 9.52. The van der Waals surface area contributed by atoms with Crippen molar-refractivity contribution in [1.29, 1.82) is 0 Å². The Morgan fingerprint density at radius 1 is 1.07 bits per heavy atom. The Kier molecular flexibility index (Phi) is 5.93. The molecule has 1 N–H and O–H groups in total. The maximum absolute atomic E-state index is 11.1. The number of carbonyl (C=O) groups is 2. The number of rotatable bonds is 5. The molecule has 0 rings (SSSR count). The van der Waals surface area contributed by atoms with Gasteiger partial charge < -0.3 is 14.6 Å². The van der Waals surface area contributed by atoms with Crippen LogP contribution in [0.1, 0.15) is 34.1 Å². The standard InChI is InChI=1S/C10H18O5/c1-6(2)14-9(12)5-8(11)10(13)15-7(3)4/h6-8,11H,5H2,1-4H3/t8-/m0/s1. The first-order valence-electron chi connectivity index (χ1n) is 4.91. The van der Waals surface area contributed by atoms with Gasteiger partial charge >= 0.3 is 11.9 Å². The van der Waals surface area contributed by atoms with E-state index in [2.05, 4.69) is 0 Å². The second kappa shape index (κ2) is 6.40. The van der Waals surface area contributed by atoms with Crippen molar-refractivity contribution in [1.82, 2.24) is 0 Å². The third kappa shape index (κ3) is 6.90. The zero-order valence-corrected chi connectivity index (χ0v) is 9.52. The van der Waals surface area contributed by atoms with Crippen LogP contribution < -0.4 is 0 Å². The highest BCUT2D eigenvalue weighted by Crippen LogP contribution is 2.02. The van der Waals surface area contributed by atoms with Crippen LogP contribution in [0.5, 0.6) is 0 Å². The lowest BCUT2D eigenvalue weighted by atomic mass is 10.2. The lowest BCUT2D eigenvalue weighted by Crippen LogP contribution is -2.29. The van der Waals surface area contributed by atoms with Gasteiger partial charge in [0.05, 0.1) is 18.6 Å². The molecule has 15 heavy (non-hydrogen) atoms. The average Bonchev–Trinajstić information content (AvgIpc) is 2.00. The predicted molar refractivity (Wildman–Crippen MR) is 53.1 cm³/mol. The smallest absolute Gasteiger partial charge is 0.335 e. The summed E-state index contributed by atoms with van der Waals surface area (Å²) in [5.74, 6) is -1.41. The fourth-order valence-electron chi connectivity index (χ4n) is 0.863. The molecule has 0 aliphatic carbocycles. The summed E-state index contributed by atoms with van der Waals surface area (Å²) in [5, 5.41) is 9.27. The molecule has 0 unspecified atom stereocenters. The average molecular weight is 218 g/mol. The van der Waals surface area contributed by atoms with Crippen molar-refractivity contribution in [3.05, 3.63) is 0 Å². The summed E-state index contributed by atoms with van der Waals surface area (Å²) in [5.41, 5.74) is 0. The molecular weight excluding hydrogens is 200 g/mol. The van der Waals surface area contributed by atoms with Gasteiger partial charge in [0.25, 0.3) is 0 Å². The van der Waals surface area contributed by atoms with E-state index in [0.717, 1.165) is 0 Å². The molecule has 0 spiro atoms. The second-order valence-electron chi connectivity index (χ2n) is 3.74. The molecule has 0 amide bonds. The van der Waals surface area contributed by atoms with Gasteiger partial charge in [-0.3, -0.25) is 4.79 Å². The first-order chi connectivity index (χ1) is 6.82. The molecule has 5 nitrogen and oxygen atoms in total. The van der Waals surface area contributed by atoms with Crippen molar-refractivity contribution in [2.24, 2.45) is 0 Å². The van der Waals surface area contributed by atoms with Crippen molar-refractivity contribution in [2.75, 3.05) is 0 Å². The molecule has 0 bridgehead atoms. The van der Waals surface area contributed by atoms with E-state index in [4.69, 9.17) is 9.47 Å². The maximum Gasteiger partial charge on any atom is 0.335 e. The van der Waals surface area contributed by atoms with Crippen molar-refractivity contribution >= 4 is 11.9 Å². The van der Waals surface area contributed by atoms with Crippen molar-refractivity contribution in [3.63, 3.8) is 0 Å². The second-order valence-corrected chi connectivity index (χ2v) is 3.74. The molecule has 5 heteroatoms. The quantitative estimate of drug-likeness (QED) is 0.685. The van der Waals surface area contributed by atoms with Crippen LogP contribution in [-0.4, -0.2) is 35.4 Å². The van der Waals surface area contributed by atoms with E-state index < -0.39 is 18.0 Å². The highest BCUT2D eigenvalue weighted by atomic mass is 16.6. The van der Waals surface area contributed by atoms with E-state index in [1.165, 1.54) is 0 Å². The van der Waals surface area contributed by atoms with Gasteiger partial charge in [-0.05, 0) is 27.7 Å². The van der Waals surface area contributed by atoms with Crippen LogP contribution in [0.15, 0.2) is 0 Å². The lowest BCUT2D eigenvalue weighted by Gasteiger charge is -2.13. The van der Waals surface area contributed by atoms with E-state index in [0.29, 0.717) is 0 Å². The minimum Gasteiger partial charge on any atom is -0.463 e. The van der Waals surface area contributed by atoms with Gasteiger partial charge in [-0.2, -0.15) is 0 Å². The van der Waals surface area contributed by atoms with Crippen molar-refractivity contribution in [2.45, 2.75) is 52.4 Å². The number of carbonyl (C=O) groups excluding carboxylic acids is 2. The Balaban J connectivity index is 3.96. The van der Waals surface area contributed by atoms with Gasteiger partial charge in [0.2, 0.25) is 0 Å². The van der Waals surface area contributed by atoms with Crippen LogP contribution in [0.4, 0.5) is 0 Å². The fourth-order valence-corrected chi connectivity index (χ4v) is 0.863. The van der Waals surface area contributed by atoms with E-state index >= 15 is 0 Å². The van der Waals surface area contributed by atoms with Gasteiger partial charge in [0.1, 0.15) is 0 Å². The van der Waals surface area contributed by atoms with E-state index in [9.17, 15) is 14.7 Å². The highest BCUT2D eigenvalue weighted by molar-refractivity contribution is 5.81. The SMILES string of the molecule is CC(C)OC(=O)C[C@H](O)C(=O)OC(C)C. The molecule has 0 radical (unpaired) electrons. The van der Waals surface area contributed by atoms with E-state index in [1.807, 2.05) is 0 Å². The Labute approximate surface area is 89.4 Å². The van der Waals surface area contributed by atoms with Gasteiger partial charge in [-0.1, -0.05) is 0 Å². The van der Waals surface area contributed by atoms with E-state index in [-0.39, 0.29) is 18.6 Å². The van der Waals surface area contributed by atoms with Crippen LogP contribution in [0.3, 0.4) is 0 Å². The molecule has 0 aliphatic heterocycles. The molecule has 0 saturated heterocycles. The molecule has 0 fully saturated rings. The first kappa shape index (κ1) is 13.9. The van der Waals surface area contributed by atoms with Crippen LogP contribution in [0, 0.1) is 0 Å². The Hall–Kier alpha value is -1.10. The van der Waals surface area contributed by atoms with Crippen LogP contribution in [0.25, 0.3) is 0 Å². The van der Waals surface area contributed by atoms with Gasteiger partial charge in [0, 0.05) is 0 Å². The number of esters is 2. The molecule has 0 aromatic heterocycles. The van der Waals surface area contributed by atoms with Gasteiger partial charge in [-0.15, -0.1) is 0 Å². The summed E-state index contributed by atoms with van der Waals surface area (Å²) in [6, 6.07) is 0. The molecule has 0 aliphatic rings. The zero-order chi connectivity index (χ0) is 12.0. The number of hydrogen-bond donors (Lipinski definition) is 1. The minimum atomic E-state index is -1.45. The maximum atomic E-state index is 11.1. The third-order valence-corrected chi connectivity index (χ3v) is 1.35. The molecular formula is C10H18O5. The van der Waals surface area contributed by atoms with E-state index in [1.54, 1.807) is 27.7 Å². The highest BCUT2D eigenvalue weighted by Gasteiger charge is 2.22. The Morgan fingerprint density at radius 2 is 1.53 bits per heavy atom. The van der Waals surface area contributed by atoms with Crippen LogP contribution in [-0.2, 0) is 19.1 Å². The van der Waals surface area contributed by atoms with Crippen molar-refractivity contribution in [3.8, 4) is 0 Å². The minimum absolute atomic E-state index is 0.259. The van der Waals surface area contributed by atoms with Crippen molar-refractivity contribution < 1.29 is 24.2 Å². The number of aliphatic hydroxyl groups excluding tert-OH is 1. The normalized spacial score (nSPS) is 12.7. The number of ether oxygens (including phenoxy) is 2. The molecule has 0 aromatic rings. The van der Waals surface area contributed by atoms with Gasteiger partial charge in [-0.25, -0.2) is 4.79 Å². The molecule has 0 heterocycles. The number of hydrogen-bond acceptors (Lipinski definition) is 5. The topological polar surface area (TPSA) is 72.8 Å². The van der Waals surface area contributed by atoms with Crippen LogP contribution >= 0.6 is 0 Å². The summed E-state index contributed by atoms with van der Waals surface area (Å²) in [4.78, 5) is 22.2. The molecule has 1 atom stereocenters. The summed E-state index contributed by atoms with van der Waals surface area (Å²) in [6.07, 6.45) is -2.39. The Morgan fingerprint density at radius 3 is 1.93 bits per heavy atom. The third-order valence-electron chi connectivity index (χ3n) is 1.35. The Bertz CT molecular complexity index is 222. The van der Waals surface area contributed by atoms with Gasteiger partial charge in [0.15, 0.2) is 6.10 Å².